The van der Waals surface area contributed by atoms with Gasteiger partial charge in [-0.1, -0.05) is 25.1 Å². The molecule has 1 N–H and O–H groups in total. The van der Waals surface area contributed by atoms with E-state index in [9.17, 15) is 5.26 Å². The summed E-state index contributed by atoms with van der Waals surface area (Å²) in [4.78, 5) is 7.07. The fourth-order valence-electron chi connectivity index (χ4n) is 3.13. The van der Waals surface area contributed by atoms with Gasteiger partial charge in [0.05, 0.1) is 17.1 Å². The van der Waals surface area contributed by atoms with E-state index in [1.807, 2.05) is 30.3 Å². The van der Waals surface area contributed by atoms with Crippen LogP contribution in [0.4, 0.5) is 5.82 Å². The maximum absolute atomic E-state index is 9.39. The Balaban J connectivity index is 1.79. The fraction of sp³-hybridized carbons (Fsp3) is 0.444. The molecule has 0 unspecified atom stereocenters. The lowest BCUT2D eigenvalue weighted by Crippen LogP contribution is -2.37. The van der Waals surface area contributed by atoms with E-state index in [-0.39, 0.29) is 0 Å². The second-order valence-corrected chi connectivity index (χ2v) is 5.90. The zero-order chi connectivity index (χ0) is 15.4. The molecular formula is C18H22N4. The van der Waals surface area contributed by atoms with E-state index in [0.717, 1.165) is 54.4 Å². The topological polar surface area (TPSA) is 52.0 Å². The van der Waals surface area contributed by atoms with Gasteiger partial charge in [0.25, 0.3) is 0 Å². The van der Waals surface area contributed by atoms with Gasteiger partial charge in [0.1, 0.15) is 5.82 Å². The van der Waals surface area contributed by atoms with Crippen LogP contribution in [0.25, 0.3) is 10.9 Å². The number of pyridine rings is 1. The summed E-state index contributed by atoms with van der Waals surface area (Å²) in [5.74, 6) is 1.70. The molecule has 1 aliphatic rings. The van der Waals surface area contributed by atoms with E-state index < -0.39 is 0 Å². The summed E-state index contributed by atoms with van der Waals surface area (Å²) < 4.78 is 0. The molecule has 2 aromatic rings. The van der Waals surface area contributed by atoms with Gasteiger partial charge in [-0.05, 0) is 44.0 Å². The van der Waals surface area contributed by atoms with E-state index in [4.69, 9.17) is 4.98 Å². The minimum Gasteiger partial charge on any atom is -0.357 e. The molecule has 114 valence electrons. The summed E-state index contributed by atoms with van der Waals surface area (Å²) in [5, 5.41) is 13.8. The van der Waals surface area contributed by atoms with Crippen molar-refractivity contribution in [1.82, 2.24) is 10.3 Å². The first kappa shape index (κ1) is 14.8. The lowest BCUT2D eigenvalue weighted by Gasteiger charge is -2.33. The molecule has 0 bridgehead atoms. The van der Waals surface area contributed by atoms with Gasteiger partial charge in [-0.15, -0.1) is 0 Å². The molecule has 0 atom stereocenters. The highest BCUT2D eigenvalue weighted by molar-refractivity contribution is 5.86. The second-order valence-electron chi connectivity index (χ2n) is 5.90. The number of rotatable bonds is 4. The number of para-hydroxylation sites is 1. The zero-order valence-corrected chi connectivity index (χ0v) is 13.0. The highest BCUT2D eigenvalue weighted by Gasteiger charge is 2.20. The van der Waals surface area contributed by atoms with Gasteiger partial charge in [-0.3, -0.25) is 0 Å². The third-order valence-corrected chi connectivity index (χ3v) is 4.44. The van der Waals surface area contributed by atoms with Gasteiger partial charge < -0.3 is 10.2 Å². The van der Waals surface area contributed by atoms with E-state index in [2.05, 4.69) is 23.2 Å². The molecule has 1 aliphatic heterocycles. The summed E-state index contributed by atoms with van der Waals surface area (Å²) in [5.41, 5.74) is 1.63. The van der Waals surface area contributed by atoms with Gasteiger partial charge in [-0.25, -0.2) is 4.98 Å². The van der Waals surface area contributed by atoms with Crippen LogP contribution in [-0.4, -0.2) is 31.2 Å². The third-order valence-electron chi connectivity index (χ3n) is 4.44. The Morgan fingerprint density at radius 1 is 1.32 bits per heavy atom. The van der Waals surface area contributed by atoms with Crippen molar-refractivity contribution in [2.75, 3.05) is 31.1 Å². The van der Waals surface area contributed by atoms with Crippen LogP contribution >= 0.6 is 0 Å². The molecule has 0 spiro atoms. The molecule has 4 heteroatoms. The molecule has 3 rings (SSSR count). The second kappa shape index (κ2) is 6.76. The first-order chi connectivity index (χ1) is 10.8. The minimum absolute atomic E-state index is 0.718. The number of benzene rings is 1. The number of nitrogens with zero attached hydrogens (tertiary/aromatic N) is 3. The van der Waals surface area contributed by atoms with Crippen molar-refractivity contribution in [3.05, 3.63) is 35.9 Å². The predicted octanol–water partition coefficient (Wildman–Crippen LogP) is 2.93. The van der Waals surface area contributed by atoms with Crippen molar-refractivity contribution in [2.45, 2.75) is 19.8 Å². The van der Waals surface area contributed by atoms with Crippen LogP contribution < -0.4 is 10.2 Å². The highest BCUT2D eigenvalue weighted by atomic mass is 15.2. The number of piperidine rings is 1. The van der Waals surface area contributed by atoms with Crippen LogP contribution in [-0.2, 0) is 0 Å². The quantitative estimate of drug-likeness (QED) is 0.942. The Hall–Kier alpha value is -2.12. The van der Waals surface area contributed by atoms with Crippen LogP contribution in [0.2, 0.25) is 0 Å². The first-order valence-electron chi connectivity index (χ1n) is 8.07. The number of hydrogen-bond donors (Lipinski definition) is 1. The molecular weight excluding hydrogens is 272 g/mol. The van der Waals surface area contributed by atoms with Gasteiger partial charge in [0.2, 0.25) is 0 Å². The molecule has 0 aliphatic carbocycles. The van der Waals surface area contributed by atoms with Crippen molar-refractivity contribution in [3.8, 4) is 6.07 Å². The van der Waals surface area contributed by atoms with Crippen LogP contribution in [0.15, 0.2) is 30.3 Å². The smallest absolute Gasteiger partial charge is 0.130 e. The van der Waals surface area contributed by atoms with Crippen LogP contribution in [0, 0.1) is 17.2 Å². The van der Waals surface area contributed by atoms with Crippen LogP contribution in [0.5, 0.6) is 0 Å². The van der Waals surface area contributed by atoms with Gasteiger partial charge >= 0.3 is 0 Å². The van der Waals surface area contributed by atoms with E-state index in [1.54, 1.807) is 0 Å². The number of nitrogens with one attached hydrogen (secondary N) is 1. The summed E-state index contributed by atoms with van der Waals surface area (Å²) in [6, 6.07) is 12.1. The maximum Gasteiger partial charge on any atom is 0.130 e. The average molecular weight is 294 g/mol. The van der Waals surface area contributed by atoms with Crippen molar-refractivity contribution in [3.63, 3.8) is 0 Å². The molecule has 1 saturated heterocycles. The molecule has 1 aromatic carbocycles. The van der Waals surface area contributed by atoms with Crippen LogP contribution in [0.1, 0.15) is 25.3 Å². The monoisotopic (exact) mass is 294 g/mol. The molecule has 0 saturated carbocycles. The highest BCUT2D eigenvalue weighted by Crippen LogP contribution is 2.26. The first-order valence-corrected chi connectivity index (χ1v) is 8.07. The van der Waals surface area contributed by atoms with Gasteiger partial charge in [0.15, 0.2) is 0 Å². The Bertz CT molecular complexity index is 681. The van der Waals surface area contributed by atoms with E-state index in [1.165, 1.54) is 12.8 Å². The van der Waals surface area contributed by atoms with Crippen molar-refractivity contribution >= 4 is 16.7 Å². The normalized spacial score (nSPS) is 15.9. The van der Waals surface area contributed by atoms with Gasteiger partial charge in [-0.2, -0.15) is 5.26 Å². The molecule has 1 fully saturated rings. The lowest BCUT2D eigenvalue weighted by molar-refractivity contribution is 0.385. The predicted molar refractivity (Wildman–Crippen MR) is 89.9 cm³/mol. The largest absolute Gasteiger partial charge is 0.357 e. The Morgan fingerprint density at radius 3 is 2.82 bits per heavy atom. The van der Waals surface area contributed by atoms with Crippen LogP contribution in [0.3, 0.4) is 0 Å². The summed E-state index contributed by atoms with van der Waals surface area (Å²) in [7, 11) is 0. The summed E-state index contributed by atoms with van der Waals surface area (Å²) >= 11 is 0. The van der Waals surface area contributed by atoms with Crippen molar-refractivity contribution in [1.29, 1.82) is 5.26 Å². The van der Waals surface area contributed by atoms with Crippen molar-refractivity contribution in [2.24, 2.45) is 5.92 Å². The third kappa shape index (κ3) is 3.05. The van der Waals surface area contributed by atoms with E-state index >= 15 is 0 Å². The number of aromatic nitrogens is 1. The average Bonchev–Trinajstić information content (AvgIpc) is 2.59. The standard InChI is InChI=1S/C18H22N4/c1-2-20-13-14-7-9-22(10-8-14)18-11-15(12-19)16-5-3-4-6-17(16)21-18/h3-6,11,14,20H,2,7-10,13H2,1H3. The summed E-state index contributed by atoms with van der Waals surface area (Å²) in [6.07, 6.45) is 2.37. The molecule has 0 radical (unpaired) electrons. The zero-order valence-electron chi connectivity index (χ0n) is 13.0. The number of fused-ring (bicyclic) bond motifs is 1. The molecule has 22 heavy (non-hydrogen) atoms. The minimum atomic E-state index is 0.718. The number of anilines is 1. The maximum atomic E-state index is 9.39. The SMILES string of the molecule is CCNCC1CCN(c2cc(C#N)c3ccccc3n2)CC1. The molecule has 4 nitrogen and oxygen atoms in total. The summed E-state index contributed by atoms with van der Waals surface area (Å²) in [6.45, 7) is 6.34. The molecule has 0 amide bonds. The number of hydrogen-bond acceptors (Lipinski definition) is 4. The Labute approximate surface area is 131 Å². The van der Waals surface area contributed by atoms with Gasteiger partial charge in [0, 0.05) is 18.5 Å². The fourth-order valence-corrected chi connectivity index (χ4v) is 3.13. The van der Waals surface area contributed by atoms with Crippen molar-refractivity contribution < 1.29 is 0 Å². The molecule has 2 heterocycles. The molecule has 1 aromatic heterocycles. The lowest BCUT2D eigenvalue weighted by atomic mass is 9.96. The van der Waals surface area contributed by atoms with E-state index in [0.29, 0.717) is 0 Å². The Kier molecular flexibility index (Phi) is 4.55. The Morgan fingerprint density at radius 2 is 2.09 bits per heavy atom. The number of nitriles is 1.